The Kier molecular flexibility index (Phi) is 6.35. The zero-order chi connectivity index (χ0) is 22.8. The van der Waals surface area contributed by atoms with E-state index in [9.17, 15) is 14.3 Å². The lowest BCUT2D eigenvalue weighted by atomic mass is 10.1. The first-order chi connectivity index (χ1) is 15.3. The molecule has 0 spiro atoms. The number of carboxylic acid groups (broad SMARTS) is 1. The van der Waals surface area contributed by atoms with E-state index in [4.69, 9.17) is 16.3 Å². The fourth-order valence-corrected chi connectivity index (χ4v) is 4.14. The van der Waals surface area contributed by atoms with E-state index < -0.39 is 5.97 Å². The molecule has 1 N–H and O–H groups in total. The van der Waals surface area contributed by atoms with Crippen LogP contribution in [0, 0.1) is 12.7 Å². The van der Waals surface area contributed by atoms with Crippen LogP contribution in [0.2, 0.25) is 5.02 Å². The van der Waals surface area contributed by atoms with Crippen LogP contribution in [-0.2, 0) is 6.61 Å². The molecular weight excluding hydrogens is 497 g/mol. The first kappa shape index (κ1) is 22.1. The molecular formula is C25H18BrClFNO3. The summed E-state index contributed by atoms with van der Waals surface area (Å²) in [6, 6.07) is 20.4. The Morgan fingerprint density at radius 2 is 1.81 bits per heavy atom. The summed E-state index contributed by atoms with van der Waals surface area (Å²) < 4.78 is 21.9. The number of hydrogen-bond donors (Lipinski definition) is 1. The molecule has 0 atom stereocenters. The molecule has 4 nitrogen and oxygen atoms in total. The summed E-state index contributed by atoms with van der Waals surface area (Å²) >= 11 is 9.71. The van der Waals surface area contributed by atoms with Gasteiger partial charge in [-0.25, -0.2) is 9.18 Å². The molecule has 0 amide bonds. The summed E-state index contributed by atoms with van der Waals surface area (Å²) in [6.07, 6.45) is 0. The maximum atomic E-state index is 13.2. The summed E-state index contributed by atoms with van der Waals surface area (Å²) in [4.78, 5) is 11.6. The zero-order valence-corrected chi connectivity index (χ0v) is 19.3. The molecule has 162 valence electrons. The van der Waals surface area contributed by atoms with Crippen LogP contribution in [0.5, 0.6) is 5.75 Å². The predicted octanol–water partition coefficient (Wildman–Crippen LogP) is 7.28. The van der Waals surface area contributed by atoms with Gasteiger partial charge in [-0.2, -0.15) is 0 Å². The molecule has 7 heteroatoms. The summed E-state index contributed by atoms with van der Waals surface area (Å²) in [5.41, 5.74) is 4.17. The second-order valence-electron chi connectivity index (χ2n) is 7.25. The lowest BCUT2D eigenvalue weighted by molar-refractivity contribution is 0.0696. The number of nitrogens with zero attached hydrogens (tertiary/aromatic N) is 1. The molecule has 0 radical (unpaired) electrons. The van der Waals surface area contributed by atoms with E-state index in [0.29, 0.717) is 20.9 Å². The number of aromatic nitrogens is 1. The van der Waals surface area contributed by atoms with Gasteiger partial charge in [0.2, 0.25) is 0 Å². The zero-order valence-electron chi connectivity index (χ0n) is 17.0. The number of ether oxygens (including phenoxy) is 1. The maximum Gasteiger partial charge on any atom is 0.335 e. The van der Waals surface area contributed by atoms with Crippen molar-refractivity contribution in [3.63, 3.8) is 0 Å². The van der Waals surface area contributed by atoms with E-state index in [1.54, 1.807) is 36.4 Å². The molecule has 0 bridgehead atoms. The third-order valence-corrected chi connectivity index (χ3v) is 5.68. The van der Waals surface area contributed by atoms with Crippen LogP contribution in [0.3, 0.4) is 0 Å². The number of aryl methyl sites for hydroxylation is 1. The number of rotatable bonds is 6. The van der Waals surface area contributed by atoms with Gasteiger partial charge in [-0.1, -0.05) is 39.7 Å². The number of aromatic carboxylic acids is 1. The van der Waals surface area contributed by atoms with Crippen molar-refractivity contribution < 1.29 is 19.0 Å². The van der Waals surface area contributed by atoms with Gasteiger partial charge in [0, 0.05) is 26.4 Å². The molecule has 1 aromatic heterocycles. The Hall–Kier alpha value is -3.09. The number of carboxylic acids is 1. The lowest BCUT2D eigenvalue weighted by Gasteiger charge is -2.17. The van der Waals surface area contributed by atoms with Gasteiger partial charge in [0.25, 0.3) is 0 Å². The summed E-state index contributed by atoms with van der Waals surface area (Å²) in [7, 11) is 0. The molecule has 0 saturated carbocycles. The molecule has 0 saturated heterocycles. The second-order valence-corrected chi connectivity index (χ2v) is 8.61. The number of hydrogen-bond acceptors (Lipinski definition) is 2. The minimum atomic E-state index is -1.01. The van der Waals surface area contributed by atoms with Crippen molar-refractivity contribution in [3.05, 3.63) is 105 Å². The van der Waals surface area contributed by atoms with Crippen molar-refractivity contribution in [1.82, 2.24) is 4.57 Å². The highest BCUT2D eigenvalue weighted by atomic mass is 79.9. The van der Waals surface area contributed by atoms with Crippen LogP contribution in [0.1, 0.15) is 21.6 Å². The molecule has 4 aromatic rings. The number of carbonyl (C=O) groups is 1. The Balaban J connectivity index is 1.78. The van der Waals surface area contributed by atoms with Gasteiger partial charge >= 0.3 is 5.97 Å². The van der Waals surface area contributed by atoms with Gasteiger partial charge in [-0.3, -0.25) is 0 Å². The van der Waals surface area contributed by atoms with E-state index in [2.05, 4.69) is 15.9 Å². The standard InChI is InChI=1S/C25H18BrClFNO3/c1-15-2-8-23(29(15)21-11-17(25(30)31)10-18(26)12-21)22-13-19(27)5-9-24(22)32-14-16-3-6-20(28)7-4-16/h2-13H,14H2,1H3,(H,30,31). The highest BCUT2D eigenvalue weighted by molar-refractivity contribution is 9.10. The second kappa shape index (κ2) is 9.18. The Labute approximate surface area is 198 Å². The average molecular weight is 515 g/mol. The number of benzene rings is 3. The first-order valence-electron chi connectivity index (χ1n) is 9.71. The van der Waals surface area contributed by atoms with Gasteiger partial charge in [-0.15, -0.1) is 0 Å². The van der Waals surface area contributed by atoms with E-state index >= 15 is 0 Å². The van der Waals surface area contributed by atoms with E-state index in [0.717, 1.165) is 22.5 Å². The van der Waals surface area contributed by atoms with E-state index in [1.165, 1.54) is 12.1 Å². The molecule has 1 heterocycles. The Morgan fingerprint density at radius 3 is 2.53 bits per heavy atom. The maximum absolute atomic E-state index is 13.2. The van der Waals surface area contributed by atoms with Crippen LogP contribution in [0.4, 0.5) is 4.39 Å². The minimum Gasteiger partial charge on any atom is -0.488 e. The van der Waals surface area contributed by atoms with Gasteiger partial charge < -0.3 is 14.4 Å². The Bertz CT molecular complexity index is 1300. The van der Waals surface area contributed by atoms with Gasteiger partial charge in [-0.05, 0) is 73.2 Å². The first-order valence-corrected chi connectivity index (χ1v) is 10.9. The van der Waals surface area contributed by atoms with Crippen LogP contribution in [0.15, 0.2) is 77.3 Å². The minimum absolute atomic E-state index is 0.173. The average Bonchev–Trinajstić information content (AvgIpc) is 3.14. The summed E-state index contributed by atoms with van der Waals surface area (Å²) in [5.74, 6) is -0.708. The molecule has 4 rings (SSSR count). The highest BCUT2D eigenvalue weighted by Gasteiger charge is 2.17. The lowest BCUT2D eigenvalue weighted by Crippen LogP contribution is -2.04. The van der Waals surface area contributed by atoms with Gasteiger partial charge in [0.1, 0.15) is 18.2 Å². The number of halogens is 3. The topological polar surface area (TPSA) is 51.5 Å². The van der Waals surface area contributed by atoms with Crippen LogP contribution < -0.4 is 4.74 Å². The third kappa shape index (κ3) is 4.71. The van der Waals surface area contributed by atoms with E-state index in [1.807, 2.05) is 35.8 Å². The van der Waals surface area contributed by atoms with Crippen molar-refractivity contribution in [3.8, 4) is 22.7 Å². The SMILES string of the molecule is Cc1ccc(-c2cc(Cl)ccc2OCc2ccc(F)cc2)n1-c1cc(Br)cc(C(=O)O)c1. The smallest absolute Gasteiger partial charge is 0.335 e. The predicted molar refractivity (Wildman–Crippen MR) is 126 cm³/mol. The summed E-state index contributed by atoms with van der Waals surface area (Å²) in [5, 5.41) is 10.0. The van der Waals surface area contributed by atoms with Crippen molar-refractivity contribution in [1.29, 1.82) is 0 Å². The molecule has 0 aliphatic rings. The van der Waals surface area contributed by atoms with Crippen LogP contribution >= 0.6 is 27.5 Å². The normalized spacial score (nSPS) is 10.9. The quantitative estimate of drug-likeness (QED) is 0.294. The van der Waals surface area contributed by atoms with Crippen molar-refractivity contribution in [2.75, 3.05) is 0 Å². The van der Waals surface area contributed by atoms with Crippen molar-refractivity contribution in [2.24, 2.45) is 0 Å². The summed E-state index contributed by atoms with van der Waals surface area (Å²) in [6.45, 7) is 2.20. The van der Waals surface area contributed by atoms with Gasteiger partial charge in [0.15, 0.2) is 0 Å². The molecule has 3 aromatic carbocycles. The van der Waals surface area contributed by atoms with Gasteiger partial charge in [0.05, 0.1) is 11.3 Å². The largest absolute Gasteiger partial charge is 0.488 e. The third-order valence-electron chi connectivity index (χ3n) is 4.99. The molecule has 0 unspecified atom stereocenters. The Morgan fingerprint density at radius 1 is 1.06 bits per heavy atom. The monoisotopic (exact) mass is 513 g/mol. The molecule has 32 heavy (non-hydrogen) atoms. The fourth-order valence-electron chi connectivity index (χ4n) is 3.49. The van der Waals surface area contributed by atoms with E-state index in [-0.39, 0.29) is 18.0 Å². The molecule has 0 aliphatic carbocycles. The molecule has 0 fully saturated rings. The van der Waals surface area contributed by atoms with Crippen LogP contribution in [0.25, 0.3) is 16.9 Å². The van der Waals surface area contributed by atoms with Crippen LogP contribution in [-0.4, -0.2) is 15.6 Å². The van der Waals surface area contributed by atoms with Crippen molar-refractivity contribution in [2.45, 2.75) is 13.5 Å². The molecule has 0 aliphatic heterocycles. The fraction of sp³-hybridized carbons (Fsp3) is 0.0800. The van der Waals surface area contributed by atoms with Crippen molar-refractivity contribution >= 4 is 33.5 Å². The highest BCUT2D eigenvalue weighted by Crippen LogP contribution is 2.36.